The zero-order valence-corrected chi connectivity index (χ0v) is 9.39. The molecule has 0 saturated heterocycles. The van der Waals surface area contributed by atoms with Gasteiger partial charge in [-0.25, -0.2) is 0 Å². The molecular weight excluding hydrogens is 297 g/mol. The highest BCUT2D eigenvalue weighted by molar-refractivity contribution is 14.1. The molecule has 1 N–H and O–H groups in total. The molecule has 4 heteroatoms. The normalized spacial score (nSPS) is 10.2. The first kappa shape index (κ1) is 8.78. The van der Waals surface area contributed by atoms with Crippen molar-refractivity contribution in [2.75, 3.05) is 0 Å². The first-order chi connectivity index (χ1) is 6.22. The van der Waals surface area contributed by atoms with Crippen LogP contribution in [0.5, 0.6) is 5.75 Å². The molecule has 0 amide bonds. The number of halogens is 1. The summed E-state index contributed by atoms with van der Waals surface area (Å²) in [5.41, 5.74) is 0. The van der Waals surface area contributed by atoms with Crippen LogP contribution in [0.4, 0.5) is 0 Å². The lowest BCUT2D eigenvalue weighted by Crippen LogP contribution is -1.70. The summed E-state index contributed by atoms with van der Waals surface area (Å²) in [5.74, 6) is 0.244. The predicted molar refractivity (Wildman–Crippen MR) is 60.9 cm³/mol. The van der Waals surface area contributed by atoms with E-state index in [1.165, 1.54) is 11.3 Å². The highest BCUT2D eigenvalue weighted by atomic mass is 127. The van der Waals surface area contributed by atoms with Crippen molar-refractivity contribution in [3.8, 4) is 11.8 Å². The minimum absolute atomic E-state index is 0.244. The average molecular weight is 301 g/mol. The molecule has 0 atom stereocenters. The maximum Gasteiger partial charge on any atom is 0.124 e. The Balaban J connectivity index is 2.90. The predicted octanol–water partition coefficient (Wildman–Crippen LogP) is 3.08. The SMILES string of the molecule is N#Cc1cc2c(O)ccc(I)c2s1. The lowest BCUT2D eigenvalue weighted by atomic mass is 10.2. The van der Waals surface area contributed by atoms with E-state index in [0.717, 1.165) is 13.7 Å². The van der Waals surface area contributed by atoms with Crippen LogP contribution in [0.2, 0.25) is 0 Å². The molecule has 0 aliphatic rings. The Labute approximate surface area is 92.6 Å². The van der Waals surface area contributed by atoms with Gasteiger partial charge in [-0.05, 0) is 40.8 Å². The van der Waals surface area contributed by atoms with Crippen LogP contribution < -0.4 is 0 Å². The molecule has 0 radical (unpaired) electrons. The summed E-state index contributed by atoms with van der Waals surface area (Å²) in [4.78, 5) is 0.634. The molecule has 1 aromatic carbocycles. The van der Waals surface area contributed by atoms with E-state index in [1.54, 1.807) is 12.1 Å². The van der Waals surface area contributed by atoms with Crippen LogP contribution in [0.3, 0.4) is 0 Å². The van der Waals surface area contributed by atoms with E-state index in [1.807, 2.05) is 6.07 Å². The van der Waals surface area contributed by atoms with E-state index >= 15 is 0 Å². The molecule has 1 heterocycles. The van der Waals surface area contributed by atoms with E-state index in [2.05, 4.69) is 28.7 Å². The summed E-state index contributed by atoms with van der Waals surface area (Å²) >= 11 is 3.60. The number of phenols is 1. The number of aromatic hydroxyl groups is 1. The molecule has 2 rings (SSSR count). The minimum atomic E-state index is 0.244. The number of nitriles is 1. The van der Waals surface area contributed by atoms with Gasteiger partial charge in [0.1, 0.15) is 16.7 Å². The quantitative estimate of drug-likeness (QED) is 0.760. The van der Waals surface area contributed by atoms with E-state index in [-0.39, 0.29) is 5.75 Å². The van der Waals surface area contributed by atoms with E-state index < -0.39 is 0 Å². The number of hydrogen-bond acceptors (Lipinski definition) is 3. The standard InChI is InChI=1S/C9H4INOS/c10-7-1-2-8(12)6-3-5(4-11)13-9(6)7/h1-3,12H. The third-order valence-electron chi connectivity index (χ3n) is 1.72. The van der Waals surface area contributed by atoms with Gasteiger partial charge in [-0.15, -0.1) is 11.3 Å². The maximum absolute atomic E-state index is 9.50. The van der Waals surface area contributed by atoms with Gasteiger partial charge in [0, 0.05) is 8.96 Å². The van der Waals surface area contributed by atoms with E-state index in [4.69, 9.17) is 5.26 Å². The minimum Gasteiger partial charge on any atom is -0.507 e. The van der Waals surface area contributed by atoms with Gasteiger partial charge in [0.25, 0.3) is 0 Å². The van der Waals surface area contributed by atoms with Gasteiger partial charge >= 0.3 is 0 Å². The van der Waals surface area contributed by atoms with Crippen molar-refractivity contribution in [1.29, 1.82) is 5.26 Å². The van der Waals surface area contributed by atoms with Gasteiger partial charge in [-0.2, -0.15) is 5.26 Å². The van der Waals surface area contributed by atoms with Crippen LogP contribution in [-0.2, 0) is 0 Å². The van der Waals surface area contributed by atoms with Gasteiger partial charge in [-0.3, -0.25) is 0 Å². The van der Waals surface area contributed by atoms with Crippen molar-refractivity contribution in [3.05, 3.63) is 26.6 Å². The topological polar surface area (TPSA) is 44.0 Å². The first-order valence-corrected chi connectivity index (χ1v) is 5.43. The highest BCUT2D eigenvalue weighted by Gasteiger charge is 2.07. The third-order valence-corrected chi connectivity index (χ3v) is 4.06. The summed E-state index contributed by atoms with van der Waals surface area (Å²) in [6.45, 7) is 0. The number of benzene rings is 1. The number of nitrogens with zero attached hydrogens (tertiary/aromatic N) is 1. The number of thiophene rings is 1. The molecule has 1 aromatic heterocycles. The molecule has 0 aliphatic heterocycles. The van der Waals surface area contributed by atoms with Crippen molar-refractivity contribution < 1.29 is 5.11 Å². The van der Waals surface area contributed by atoms with Crippen LogP contribution in [0.25, 0.3) is 10.1 Å². The van der Waals surface area contributed by atoms with Gasteiger partial charge in [0.05, 0.1) is 4.70 Å². The molecule has 2 aromatic rings. The summed E-state index contributed by atoms with van der Waals surface area (Å²) in [6, 6.07) is 7.29. The smallest absolute Gasteiger partial charge is 0.124 e. The highest BCUT2D eigenvalue weighted by Crippen LogP contribution is 2.34. The van der Waals surface area contributed by atoms with Gasteiger partial charge in [0.15, 0.2) is 0 Å². The molecule has 64 valence electrons. The number of fused-ring (bicyclic) bond motifs is 1. The van der Waals surface area contributed by atoms with Gasteiger partial charge in [0.2, 0.25) is 0 Å². The largest absolute Gasteiger partial charge is 0.507 e. The lowest BCUT2D eigenvalue weighted by Gasteiger charge is -1.95. The Morgan fingerprint density at radius 3 is 2.85 bits per heavy atom. The Bertz CT molecular complexity index is 473. The van der Waals surface area contributed by atoms with Crippen LogP contribution in [0, 0.1) is 14.9 Å². The van der Waals surface area contributed by atoms with Crippen molar-refractivity contribution in [3.63, 3.8) is 0 Å². The van der Waals surface area contributed by atoms with Crippen molar-refractivity contribution in [2.24, 2.45) is 0 Å². The van der Waals surface area contributed by atoms with Gasteiger partial charge < -0.3 is 5.11 Å². The summed E-state index contributed by atoms with van der Waals surface area (Å²) in [7, 11) is 0. The molecular formula is C9H4INOS. The molecule has 0 fully saturated rings. The zero-order valence-electron chi connectivity index (χ0n) is 6.41. The molecule has 0 spiro atoms. The van der Waals surface area contributed by atoms with E-state index in [9.17, 15) is 5.11 Å². The number of rotatable bonds is 0. The molecule has 0 bridgehead atoms. The molecule has 13 heavy (non-hydrogen) atoms. The Morgan fingerprint density at radius 2 is 2.23 bits per heavy atom. The number of hydrogen-bond donors (Lipinski definition) is 1. The molecule has 2 nitrogen and oxygen atoms in total. The monoisotopic (exact) mass is 301 g/mol. The summed E-state index contributed by atoms with van der Waals surface area (Å²) in [5, 5.41) is 19.0. The second-order valence-electron chi connectivity index (χ2n) is 2.53. The fraction of sp³-hybridized carbons (Fsp3) is 0. The van der Waals surface area contributed by atoms with Gasteiger partial charge in [-0.1, -0.05) is 0 Å². The maximum atomic E-state index is 9.50. The number of phenolic OH excluding ortho intramolecular Hbond substituents is 1. The van der Waals surface area contributed by atoms with Crippen molar-refractivity contribution in [1.82, 2.24) is 0 Å². The summed E-state index contributed by atoms with van der Waals surface area (Å²) in [6.07, 6.45) is 0. The second-order valence-corrected chi connectivity index (χ2v) is 4.75. The molecule has 0 aliphatic carbocycles. The van der Waals surface area contributed by atoms with Crippen molar-refractivity contribution >= 4 is 44.0 Å². The Morgan fingerprint density at radius 1 is 1.46 bits per heavy atom. The van der Waals surface area contributed by atoms with Crippen LogP contribution >= 0.6 is 33.9 Å². The van der Waals surface area contributed by atoms with Crippen LogP contribution in [-0.4, -0.2) is 5.11 Å². The third kappa shape index (κ3) is 1.38. The van der Waals surface area contributed by atoms with Crippen LogP contribution in [0.15, 0.2) is 18.2 Å². The molecule has 0 unspecified atom stereocenters. The fourth-order valence-corrected chi connectivity index (χ4v) is 2.81. The zero-order chi connectivity index (χ0) is 9.42. The fourth-order valence-electron chi connectivity index (χ4n) is 1.13. The first-order valence-electron chi connectivity index (χ1n) is 3.53. The molecule has 0 saturated carbocycles. The summed E-state index contributed by atoms with van der Waals surface area (Å²) < 4.78 is 2.05. The second kappa shape index (κ2) is 3.16. The Hall–Kier alpha value is -0.800. The van der Waals surface area contributed by atoms with Crippen LogP contribution in [0.1, 0.15) is 4.88 Å². The average Bonchev–Trinajstić information content (AvgIpc) is 2.56. The lowest BCUT2D eigenvalue weighted by molar-refractivity contribution is 0.481. The van der Waals surface area contributed by atoms with E-state index in [0.29, 0.717) is 4.88 Å². The van der Waals surface area contributed by atoms with Crippen molar-refractivity contribution in [2.45, 2.75) is 0 Å². The Kier molecular flexibility index (Phi) is 2.14.